The molecule has 20 aromatic carbocycles. The number of furan rings is 2. The zero-order valence-electron chi connectivity index (χ0n) is 75.1. The molecule has 0 aliphatic carbocycles. The van der Waals surface area contributed by atoms with E-state index in [9.17, 15) is 0 Å². The van der Waals surface area contributed by atoms with E-state index in [0.29, 0.717) is 0 Å². The van der Waals surface area contributed by atoms with Crippen molar-refractivity contribution in [2.75, 3.05) is 9.80 Å². The smallest absolute Gasteiger partial charge is 0.179 e. The van der Waals surface area contributed by atoms with E-state index in [1.165, 1.54) is 129 Å². The Bertz CT molecular complexity index is 7360. The average Bonchev–Trinajstić information content (AvgIpc) is 0.967. The highest BCUT2D eigenvalue weighted by molar-refractivity contribution is 7.20. The molecule has 22 rings (SSSR count). The van der Waals surface area contributed by atoms with Gasteiger partial charge in [-0.3, -0.25) is 0 Å². The van der Waals surface area contributed by atoms with E-state index in [1.807, 2.05) is 0 Å². The van der Waals surface area contributed by atoms with E-state index >= 15 is 0 Å². The number of hydrogen-bond acceptors (Lipinski definition) is 4. The summed E-state index contributed by atoms with van der Waals surface area (Å²) in [6.07, 6.45) is 0. The quantitative estimate of drug-likeness (QED) is 0.0433. The van der Waals surface area contributed by atoms with Crippen molar-refractivity contribution in [2.45, 2.75) is 81.1 Å². The normalized spacial score (nSPS) is 12.1. The second kappa shape index (κ2) is 32.7. The molecule has 0 aliphatic heterocycles. The van der Waals surface area contributed by atoms with Crippen molar-refractivity contribution in [3.05, 3.63) is 457 Å². The molecule has 0 aliphatic rings. The molecule has 6 heteroatoms. The van der Waals surface area contributed by atoms with Gasteiger partial charge in [-0.2, -0.15) is 0 Å². The largest absolute Gasteiger partial charge is 0.454 e. The maximum Gasteiger partial charge on any atom is 0.179 e. The third-order valence-electron chi connectivity index (χ3n) is 27.7. The lowest BCUT2D eigenvalue weighted by molar-refractivity contribution is 0.668. The van der Waals surface area contributed by atoms with Gasteiger partial charge in [0.2, 0.25) is 0 Å². The molecule has 0 spiro atoms. The highest BCUT2D eigenvalue weighted by Crippen LogP contribution is 2.52. The summed E-state index contributed by atoms with van der Waals surface area (Å²) in [5.41, 5.74) is 28.7. The van der Waals surface area contributed by atoms with Crippen LogP contribution in [-0.2, 0) is 0 Å². The van der Waals surface area contributed by atoms with Gasteiger partial charge >= 0.3 is 0 Å². The Balaban J connectivity index is 0.683. The van der Waals surface area contributed by atoms with Crippen LogP contribution in [0.1, 0.15) is 84.0 Å². The summed E-state index contributed by atoms with van der Waals surface area (Å²) in [4.78, 5) is 4.89. The Labute approximate surface area is 763 Å². The molecule has 0 atom stereocenters. The summed E-state index contributed by atoms with van der Waals surface area (Å²) < 4.78 is 14.2. The summed E-state index contributed by atoms with van der Waals surface area (Å²) in [6.45, 7) is 22.6. The third kappa shape index (κ3) is 13.6. The van der Waals surface area contributed by atoms with Crippen LogP contribution >= 0.6 is 0 Å². The van der Waals surface area contributed by atoms with Gasteiger partial charge in [-0.25, -0.2) is 0 Å². The second-order valence-electron chi connectivity index (χ2n) is 36.6. The van der Waals surface area contributed by atoms with Crippen LogP contribution < -0.4 is 51.3 Å². The fraction of sp³-hybridized carbons (Fsp3) is 0.0968. The summed E-state index contributed by atoms with van der Waals surface area (Å²) >= 11 is 0. The van der Waals surface area contributed by atoms with Crippen LogP contribution in [0.2, 0.25) is 0 Å². The lowest BCUT2D eigenvalue weighted by Crippen LogP contribution is -2.74. The van der Waals surface area contributed by atoms with Crippen molar-refractivity contribution >= 4 is 168 Å². The molecule has 626 valence electrons. The van der Waals surface area contributed by atoms with Crippen molar-refractivity contribution < 1.29 is 8.83 Å². The summed E-state index contributed by atoms with van der Waals surface area (Å²) in [5, 5.41) is 22.7. The van der Waals surface area contributed by atoms with Crippen LogP contribution in [0, 0.1) is 41.5 Å². The van der Waals surface area contributed by atoms with Crippen molar-refractivity contribution in [1.29, 1.82) is 0 Å². The first kappa shape index (κ1) is 80.9. The van der Waals surface area contributed by atoms with Crippen molar-refractivity contribution in [3.8, 4) is 44.5 Å². The predicted octanol–water partition coefficient (Wildman–Crippen LogP) is 28.8. The molecular formula is C124H100N2O2Si2. The Hall–Kier alpha value is -14.9. The molecular weight excluding hydrogens is 1610 g/mol. The molecule has 0 radical (unpaired) electrons. The van der Waals surface area contributed by atoms with Crippen molar-refractivity contribution in [2.24, 2.45) is 0 Å². The van der Waals surface area contributed by atoms with Gasteiger partial charge in [0, 0.05) is 44.0 Å². The van der Waals surface area contributed by atoms with E-state index in [0.717, 1.165) is 111 Å². The molecule has 0 saturated heterocycles. The number of para-hydroxylation sites is 6. The first-order valence-electron chi connectivity index (χ1n) is 45.8. The van der Waals surface area contributed by atoms with Crippen molar-refractivity contribution in [3.63, 3.8) is 0 Å². The molecule has 0 bridgehead atoms. The molecule has 130 heavy (non-hydrogen) atoms. The minimum Gasteiger partial charge on any atom is -0.454 e. The highest BCUT2D eigenvalue weighted by Gasteiger charge is 2.44. The fourth-order valence-corrected chi connectivity index (χ4v) is 30.6. The lowest BCUT2D eigenvalue weighted by Gasteiger charge is -2.35. The van der Waals surface area contributed by atoms with Crippen LogP contribution in [0.25, 0.3) is 121 Å². The number of rotatable bonds is 20. The summed E-state index contributed by atoms with van der Waals surface area (Å²) in [7, 11) is -5.97. The molecule has 2 heterocycles. The minimum absolute atomic E-state index is 0.223. The van der Waals surface area contributed by atoms with Gasteiger partial charge in [0.25, 0.3) is 0 Å². The second-order valence-corrected chi connectivity index (χ2v) is 44.2. The van der Waals surface area contributed by atoms with E-state index in [1.54, 1.807) is 0 Å². The van der Waals surface area contributed by atoms with Gasteiger partial charge in [0.15, 0.2) is 27.3 Å². The maximum atomic E-state index is 7.08. The first-order chi connectivity index (χ1) is 63.5. The van der Waals surface area contributed by atoms with Gasteiger partial charge in [-0.05, 0) is 244 Å². The van der Waals surface area contributed by atoms with Gasteiger partial charge in [0.1, 0.15) is 11.2 Å². The Morgan fingerprint density at radius 3 is 0.823 bits per heavy atom. The third-order valence-corrected chi connectivity index (χ3v) is 37.3. The number of benzene rings is 20. The zero-order chi connectivity index (χ0) is 88.2. The van der Waals surface area contributed by atoms with Gasteiger partial charge in [0.05, 0.1) is 22.7 Å². The summed E-state index contributed by atoms with van der Waals surface area (Å²) in [6, 6.07) is 157. The summed E-state index contributed by atoms with van der Waals surface area (Å²) in [5.74, 6) is 0.447. The Morgan fingerprint density at radius 1 is 0.208 bits per heavy atom. The molecule has 22 aromatic rings. The Morgan fingerprint density at radius 2 is 0.492 bits per heavy atom. The minimum atomic E-state index is -2.98. The highest BCUT2D eigenvalue weighted by atomic mass is 28.3. The molecule has 4 nitrogen and oxygen atoms in total. The number of nitrogens with zero attached hydrogens (tertiary/aromatic N) is 2. The van der Waals surface area contributed by atoms with Crippen LogP contribution in [0.15, 0.2) is 421 Å². The van der Waals surface area contributed by atoms with E-state index in [2.05, 4.69) is 492 Å². The van der Waals surface area contributed by atoms with Crippen LogP contribution in [0.4, 0.5) is 34.1 Å². The maximum absolute atomic E-state index is 7.08. The fourth-order valence-electron chi connectivity index (χ4n) is 21.2. The van der Waals surface area contributed by atoms with Crippen LogP contribution in [0.3, 0.4) is 0 Å². The van der Waals surface area contributed by atoms with Gasteiger partial charge < -0.3 is 18.6 Å². The van der Waals surface area contributed by atoms with Gasteiger partial charge in [-0.15, -0.1) is 0 Å². The molecule has 0 N–H and O–H groups in total. The van der Waals surface area contributed by atoms with Gasteiger partial charge in [-0.1, -0.05) is 401 Å². The van der Waals surface area contributed by atoms with E-state index < -0.39 is 16.1 Å². The number of fused-ring (bicyclic) bond motifs is 6. The molecule has 0 amide bonds. The molecule has 0 unspecified atom stereocenters. The predicted molar refractivity (Wildman–Crippen MR) is 560 cm³/mol. The monoisotopic (exact) mass is 1700 g/mol. The molecule has 2 aromatic heterocycles. The van der Waals surface area contributed by atoms with Crippen LogP contribution in [-0.4, -0.2) is 16.1 Å². The zero-order valence-corrected chi connectivity index (χ0v) is 77.1. The number of anilines is 6. The average molecular weight is 1710 g/mol. The topological polar surface area (TPSA) is 32.8 Å². The van der Waals surface area contributed by atoms with Crippen LogP contribution in [0.5, 0.6) is 0 Å². The Kier molecular flexibility index (Phi) is 20.4. The SMILES string of the molecule is Cc1ccc([Si](c2ccc(C)cc2)(c2ccc(C)cc2)c2cccc(-c3ccccc3N(c3ccc(-c4cc(C(C)C)c5ccc6c(-c7ccc(N(c8ccccc8-c8cccc([Si](c9ccc(C)cc9)(c9ccc(C)cc9)c9ccc(C)cc9)c8)c8cccc9c8oc8ccccc89)cc7)cc(C(C)C)c7ccc4c5c67)cc3)c3cccc4c3oc3ccccc34)c2)cc1. The molecule has 0 saturated carbocycles. The number of aryl methyl sites for hydroxylation is 6. The van der Waals surface area contributed by atoms with Crippen molar-refractivity contribution in [1.82, 2.24) is 0 Å². The van der Waals surface area contributed by atoms with E-state index in [-0.39, 0.29) is 11.8 Å². The lowest BCUT2D eigenvalue weighted by atomic mass is 9.81. The molecule has 0 fully saturated rings. The first-order valence-corrected chi connectivity index (χ1v) is 49.8. The number of hydrogen-bond donors (Lipinski definition) is 0. The van der Waals surface area contributed by atoms with E-state index in [4.69, 9.17) is 8.83 Å². The standard InChI is InChI=1S/C124H100N2O2Si2/c1-79(2)111-77-113(87-51-55-91(56-52-87)125(117-35-21-31-109-103-29-13-17-37-119(103)127-123(109)117)115-33-15-11-27-101(115)89-23-19-25-99(75-89)129(93-59-39-81(5)40-60-93,94-61-41-82(6)42-62-94)95-63-43-83(7)44-64-95)107-74-72-106-112(80(3)4)78-114(108-73-71-105(111)121(107)122(106)108)88-53-57-92(58-54-88)126(118-36-22-32-110-104-30-14-18-38-120(104)128-124(110)118)116-34-16-12-28-102(116)90-24-20-26-100(76-90)130(96-65-45-84(8)46-66-96,97-67-47-85(9)48-68-97)98-69-49-86(10)50-70-98/h11-80H,1-10H3.